The van der Waals surface area contributed by atoms with Gasteiger partial charge in [0.15, 0.2) is 0 Å². The topological polar surface area (TPSA) is 61.9 Å². The molecule has 0 aliphatic heterocycles. The molecule has 0 radical (unpaired) electrons. The molecule has 0 saturated carbocycles. The predicted octanol–water partition coefficient (Wildman–Crippen LogP) is 6.17. The van der Waals surface area contributed by atoms with Crippen molar-refractivity contribution in [2.75, 3.05) is 25.0 Å². The molecule has 3 rings (SSSR count). The van der Waals surface area contributed by atoms with Crippen LogP contribution >= 0.6 is 11.3 Å². The number of hydrogen-bond donors (Lipinski definition) is 1. The summed E-state index contributed by atoms with van der Waals surface area (Å²) in [6.07, 6.45) is 0. The summed E-state index contributed by atoms with van der Waals surface area (Å²) in [6, 6.07) is 21.1. The largest absolute Gasteiger partial charge is 0.494 e. The lowest BCUT2D eigenvalue weighted by Gasteiger charge is -2.29. The second kappa shape index (κ2) is 13.0. The quantitative estimate of drug-likeness (QED) is 0.347. The van der Waals surface area contributed by atoms with E-state index in [0.717, 1.165) is 16.2 Å². The summed E-state index contributed by atoms with van der Waals surface area (Å²) in [5.41, 5.74) is 1.72. The lowest BCUT2D eigenvalue weighted by molar-refractivity contribution is -0.133. The molecule has 1 N–H and O–H groups in total. The molecule has 35 heavy (non-hydrogen) atoms. The summed E-state index contributed by atoms with van der Waals surface area (Å²) in [5, 5.41) is 2.93. The van der Waals surface area contributed by atoms with Crippen molar-refractivity contribution < 1.29 is 14.3 Å². The van der Waals surface area contributed by atoms with Crippen molar-refractivity contribution in [2.24, 2.45) is 5.92 Å². The van der Waals surface area contributed by atoms with Crippen LogP contribution in [0.1, 0.15) is 36.1 Å². The van der Waals surface area contributed by atoms with E-state index in [4.69, 9.17) is 4.74 Å². The van der Waals surface area contributed by atoms with Crippen molar-refractivity contribution >= 4 is 29.0 Å². The van der Waals surface area contributed by atoms with Crippen LogP contribution in [0.15, 0.2) is 66.7 Å². The van der Waals surface area contributed by atoms with Crippen molar-refractivity contribution in [2.45, 2.75) is 40.8 Å². The summed E-state index contributed by atoms with van der Waals surface area (Å²) in [5.74, 6) is 0.888. The Hall–Kier alpha value is -3.32. The molecule has 0 fully saturated rings. The third-order valence-electron chi connectivity index (χ3n) is 5.33. The lowest BCUT2D eigenvalue weighted by Crippen LogP contribution is -2.45. The summed E-state index contributed by atoms with van der Waals surface area (Å²) in [6.45, 7) is 10.2. The number of carbonyl (C=O) groups excluding carboxylic acids is 2. The first-order chi connectivity index (χ1) is 16.8. The van der Waals surface area contributed by atoms with Gasteiger partial charge in [0.05, 0.1) is 13.2 Å². The van der Waals surface area contributed by atoms with Crippen LogP contribution in [0.5, 0.6) is 5.75 Å². The molecule has 0 aliphatic carbocycles. The highest BCUT2D eigenvalue weighted by molar-refractivity contribution is 7.11. The fourth-order valence-corrected chi connectivity index (χ4v) is 4.63. The molecule has 0 spiro atoms. The average Bonchev–Trinajstić information content (AvgIpc) is 3.24. The molecule has 0 unspecified atom stereocenters. The van der Waals surface area contributed by atoms with Gasteiger partial charge in [0.25, 0.3) is 0 Å². The van der Waals surface area contributed by atoms with Crippen LogP contribution in [0, 0.1) is 12.8 Å². The zero-order valence-electron chi connectivity index (χ0n) is 21.0. The van der Waals surface area contributed by atoms with Gasteiger partial charge in [0.1, 0.15) is 12.3 Å². The smallest absolute Gasteiger partial charge is 0.322 e. The highest BCUT2D eigenvalue weighted by Gasteiger charge is 2.23. The fourth-order valence-electron chi connectivity index (χ4n) is 3.72. The van der Waals surface area contributed by atoms with Crippen molar-refractivity contribution in [1.29, 1.82) is 0 Å². The molecule has 0 aliphatic rings. The van der Waals surface area contributed by atoms with Gasteiger partial charge >= 0.3 is 6.03 Å². The second-order valence-corrected chi connectivity index (χ2v) is 10.3. The van der Waals surface area contributed by atoms with E-state index in [1.807, 2.05) is 68.1 Å². The van der Waals surface area contributed by atoms with Crippen LogP contribution < -0.4 is 10.1 Å². The van der Waals surface area contributed by atoms with E-state index in [9.17, 15) is 9.59 Å². The summed E-state index contributed by atoms with van der Waals surface area (Å²) in [7, 11) is 0. The van der Waals surface area contributed by atoms with Gasteiger partial charge in [-0.1, -0.05) is 44.2 Å². The number of amides is 3. The Morgan fingerprint density at radius 3 is 2.26 bits per heavy atom. The maximum Gasteiger partial charge on any atom is 0.322 e. The third-order valence-corrected chi connectivity index (χ3v) is 6.31. The minimum absolute atomic E-state index is 0.0121. The Morgan fingerprint density at radius 2 is 1.66 bits per heavy atom. The maximum absolute atomic E-state index is 13.5. The molecule has 186 valence electrons. The normalized spacial score (nSPS) is 10.8. The van der Waals surface area contributed by atoms with Gasteiger partial charge in [0.2, 0.25) is 5.91 Å². The molecule has 2 aromatic carbocycles. The van der Waals surface area contributed by atoms with Crippen molar-refractivity contribution in [3.63, 3.8) is 0 Å². The highest BCUT2D eigenvalue weighted by atomic mass is 32.1. The molecule has 0 saturated heterocycles. The van der Waals surface area contributed by atoms with Crippen LogP contribution in [-0.2, 0) is 17.9 Å². The van der Waals surface area contributed by atoms with E-state index >= 15 is 0 Å². The van der Waals surface area contributed by atoms with Crippen LogP contribution in [0.25, 0.3) is 0 Å². The van der Waals surface area contributed by atoms with E-state index in [2.05, 4.69) is 24.4 Å². The number of benzene rings is 2. The van der Waals surface area contributed by atoms with Gasteiger partial charge in [-0.15, -0.1) is 11.3 Å². The molecule has 0 atom stereocenters. The third kappa shape index (κ3) is 8.44. The molecule has 6 nitrogen and oxygen atoms in total. The molecule has 7 heteroatoms. The summed E-state index contributed by atoms with van der Waals surface area (Å²) < 4.78 is 5.47. The molecule has 3 aromatic rings. The Labute approximate surface area is 212 Å². The Bertz CT molecular complexity index is 1080. The number of nitrogens with one attached hydrogen (secondary N) is 1. The van der Waals surface area contributed by atoms with Gasteiger partial charge < -0.3 is 19.9 Å². The zero-order chi connectivity index (χ0) is 25.2. The van der Waals surface area contributed by atoms with Gasteiger partial charge in [-0.25, -0.2) is 4.79 Å². The molecular weight excluding hydrogens is 458 g/mol. The summed E-state index contributed by atoms with van der Waals surface area (Å²) >= 11 is 1.69. The molecular formula is C28H35N3O3S. The van der Waals surface area contributed by atoms with Gasteiger partial charge in [-0.05, 0) is 61.7 Å². The fraction of sp³-hybridized carbons (Fsp3) is 0.357. The number of rotatable bonds is 11. The highest BCUT2D eigenvalue weighted by Crippen LogP contribution is 2.20. The number of anilines is 1. The molecule has 1 aromatic heterocycles. The van der Waals surface area contributed by atoms with Gasteiger partial charge in [0, 0.05) is 28.5 Å². The van der Waals surface area contributed by atoms with Crippen LogP contribution in [0.2, 0.25) is 0 Å². The SMILES string of the molecule is CCOc1ccc(NC(=O)N(CC(=O)N(Cc2ccccc2)Cc2ccc(C)s2)CC(C)C)cc1. The molecule has 3 amide bonds. The number of ether oxygens (including phenoxy) is 1. The maximum atomic E-state index is 13.5. The number of carbonyl (C=O) groups is 2. The zero-order valence-corrected chi connectivity index (χ0v) is 21.8. The minimum Gasteiger partial charge on any atom is -0.494 e. The van der Waals surface area contributed by atoms with Crippen molar-refractivity contribution in [3.8, 4) is 5.75 Å². The van der Waals surface area contributed by atoms with Crippen LogP contribution in [0.3, 0.4) is 0 Å². The number of aryl methyl sites for hydroxylation is 1. The van der Waals surface area contributed by atoms with E-state index in [1.165, 1.54) is 4.88 Å². The Morgan fingerprint density at radius 1 is 0.943 bits per heavy atom. The van der Waals surface area contributed by atoms with E-state index in [1.54, 1.807) is 28.4 Å². The number of thiophene rings is 1. The first-order valence-electron chi connectivity index (χ1n) is 12.0. The van der Waals surface area contributed by atoms with Crippen molar-refractivity contribution in [3.05, 3.63) is 82.0 Å². The van der Waals surface area contributed by atoms with Gasteiger partial charge in [-0.3, -0.25) is 4.79 Å². The average molecular weight is 494 g/mol. The number of nitrogens with zero attached hydrogens (tertiary/aromatic N) is 2. The van der Waals surface area contributed by atoms with E-state index in [0.29, 0.717) is 31.9 Å². The van der Waals surface area contributed by atoms with Crippen molar-refractivity contribution in [1.82, 2.24) is 9.80 Å². The Kier molecular flexibility index (Phi) is 9.73. The number of urea groups is 1. The minimum atomic E-state index is -0.289. The van der Waals surface area contributed by atoms with Crippen LogP contribution in [0.4, 0.5) is 10.5 Å². The summed E-state index contributed by atoms with van der Waals surface area (Å²) in [4.78, 5) is 32.4. The predicted molar refractivity (Wildman–Crippen MR) is 143 cm³/mol. The lowest BCUT2D eigenvalue weighted by atomic mass is 10.2. The first kappa shape index (κ1) is 26.3. The molecule has 1 heterocycles. The van der Waals surface area contributed by atoms with Gasteiger partial charge in [-0.2, -0.15) is 0 Å². The first-order valence-corrected chi connectivity index (χ1v) is 12.8. The monoisotopic (exact) mass is 493 g/mol. The van der Waals surface area contributed by atoms with E-state index in [-0.39, 0.29) is 24.4 Å². The van der Waals surface area contributed by atoms with Crippen LogP contribution in [-0.4, -0.2) is 41.4 Å². The van der Waals surface area contributed by atoms with E-state index < -0.39 is 0 Å². The molecule has 0 bridgehead atoms. The standard InChI is InChI=1S/C28H35N3O3S/c1-5-34-25-14-12-24(13-15-25)29-28(33)31(17-21(2)3)20-27(32)30(18-23-9-7-6-8-10-23)19-26-16-11-22(4)35-26/h6-16,21H,5,17-20H2,1-4H3,(H,29,33). The second-order valence-electron chi connectivity index (χ2n) is 8.91. The number of hydrogen-bond acceptors (Lipinski definition) is 4. The Balaban J connectivity index is 1.73.